The van der Waals surface area contributed by atoms with Crippen LogP contribution in [0.4, 0.5) is 0 Å². The molecule has 1 N–H and O–H groups in total. The van der Waals surface area contributed by atoms with E-state index in [4.69, 9.17) is 9.84 Å². The molecule has 8 nitrogen and oxygen atoms in total. The first-order valence-electron chi connectivity index (χ1n) is 5.82. The van der Waals surface area contributed by atoms with Crippen LogP contribution in [0, 0.1) is 0 Å². The lowest BCUT2D eigenvalue weighted by Gasteiger charge is -2.07. The summed E-state index contributed by atoms with van der Waals surface area (Å²) in [6.07, 6.45) is 3.56. The number of ether oxygens (including phenoxy) is 1. The zero-order valence-electron chi connectivity index (χ0n) is 10.8. The monoisotopic (exact) mass is 265 g/mol. The molecule has 2 aromatic rings. The van der Waals surface area contributed by atoms with Crippen LogP contribution in [0.25, 0.3) is 0 Å². The Labute approximate surface area is 109 Å². The number of carboxylic acid groups (broad SMARTS) is 1. The third kappa shape index (κ3) is 2.63. The number of aromatic nitrogens is 5. The number of aryl methyl sites for hydroxylation is 1. The van der Waals surface area contributed by atoms with Gasteiger partial charge in [0.25, 0.3) is 0 Å². The summed E-state index contributed by atoms with van der Waals surface area (Å²) in [5.41, 5.74) is 0.345. The second kappa shape index (κ2) is 5.61. The van der Waals surface area contributed by atoms with Gasteiger partial charge in [-0.05, 0) is 6.92 Å². The Morgan fingerprint density at radius 2 is 2.32 bits per heavy atom. The zero-order chi connectivity index (χ0) is 13.8. The molecular weight excluding hydrogens is 250 g/mol. The van der Waals surface area contributed by atoms with Gasteiger partial charge >= 0.3 is 5.97 Å². The molecule has 2 rings (SSSR count). The summed E-state index contributed by atoms with van der Waals surface area (Å²) >= 11 is 0. The lowest BCUT2D eigenvalue weighted by atomic mass is 10.3. The van der Waals surface area contributed by atoms with Gasteiger partial charge in [-0.1, -0.05) is 5.21 Å². The van der Waals surface area contributed by atoms with E-state index in [9.17, 15) is 4.79 Å². The maximum Gasteiger partial charge on any atom is 0.358 e. The van der Waals surface area contributed by atoms with Crippen LogP contribution in [-0.4, -0.2) is 42.7 Å². The Kier molecular flexibility index (Phi) is 3.91. The summed E-state index contributed by atoms with van der Waals surface area (Å²) < 4.78 is 8.46. The minimum Gasteiger partial charge on any atom is -0.476 e. The number of rotatable bonds is 6. The Bertz CT molecular complexity index is 575. The largest absolute Gasteiger partial charge is 0.476 e. The Balaban J connectivity index is 2.32. The first-order chi connectivity index (χ1) is 9.17. The van der Waals surface area contributed by atoms with Gasteiger partial charge in [0.1, 0.15) is 12.4 Å². The second-order valence-electron chi connectivity index (χ2n) is 3.91. The molecule has 0 saturated carbocycles. The highest BCUT2D eigenvalue weighted by molar-refractivity contribution is 5.86. The third-order valence-corrected chi connectivity index (χ3v) is 2.75. The standard InChI is InChI=1S/C11H15N5O3/c1-3-15-5-4-12-9(15)6-16-8(7-19-2)10(11(17)18)13-14-16/h4-5H,3,6-7H2,1-2H3,(H,17,18). The number of carboxylic acids is 1. The summed E-state index contributed by atoms with van der Waals surface area (Å²) in [6.45, 7) is 3.29. The van der Waals surface area contributed by atoms with Crippen molar-refractivity contribution in [1.29, 1.82) is 0 Å². The van der Waals surface area contributed by atoms with Crippen molar-refractivity contribution in [3.05, 3.63) is 29.6 Å². The minimum atomic E-state index is -1.11. The van der Waals surface area contributed by atoms with Gasteiger partial charge in [-0.15, -0.1) is 5.10 Å². The predicted octanol–water partition coefficient (Wildman–Crippen LogP) is 0.387. The van der Waals surface area contributed by atoms with Crippen molar-refractivity contribution in [3.63, 3.8) is 0 Å². The van der Waals surface area contributed by atoms with Gasteiger partial charge in [-0.3, -0.25) is 0 Å². The summed E-state index contributed by atoms with van der Waals surface area (Å²) in [4.78, 5) is 15.3. The molecule has 0 unspecified atom stereocenters. The fourth-order valence-corrected chi connectivity index (χ4v) is 1.82. The van der Waals surface area contributed by atoms with E-state index >= 15 is 0 Å². The van der Waals surface area contributed by atoms with Crippen LogP contribution in [0.15, 0.2) is 12.4 Å². The summed E-state index contributed by atoms with van der Waals surface area (Å²) in [5, 5.41) is 16.6. The van der Waals surface area contributed by atoms with Gasteiger partial charge in [0.2, 0.25) is 0 Å². The first kappa shape index (κ1) is 13.2. The highest BCUT2D eigenvalue weighted by Gasteiger charge is 2.19. The molecule has 0 fully saturated rings. The quantitative estimate of drug-likeness (QED) is 0.811. The number of imidazole rings is 1. The number of methoxy groups -OCH3 is 1. The van der Waals surface area contributed by atoms with Gasteiger partial charge < -0.3 is 14.4 Å². The molecule has 2 heterocycles. The van der Waals surface area contributed by atoms with E-state index in [1.165, 1.54) is 11.8 Å². The van der Waals surface area contributed by atoms with Crippen LogP contribution in [-0.2, 0) is 24.4 Å². The van der Waals surface area contributed by atoms with Gasteiger partial charge in [-0.2, -0.15) is 0 Å². The molecule has 0 spiro atoms. The van der Waals surface area contributed by atoms with E-state index in [1.54, 1.807) is 6.20 Å². The summed E-state index contributed by atoms with van der Waals surface area (Å²) in [6, 6.07) is 0. The van der Waals surface area contributed by atoms with Crippen molar-refractivity contribution in [2.45, 2.75) is 26.6 Å². The van der Waals surface area contributed by atoms with E-state index in [-0.39, 0.29) is 12.3 Å². The molecule has 8 heteroatoms. The summed E-state index contributed by atoms with van der Waals surface area (Å²) in [7, 11) is 1.50. The maximum atomic E-state index is 11.0. The number of aromatic carboxylic acids is 1. The average molecular weight is 265 g/mol. The van der Waals surface area contributed by atoms with Gasteiger partial charge in [0, 0.05) is 26.0 Å². The van der Waals surface area contributed by atoms with Crippen LogP contribution < -0.4 is 0 Å². The molecule has 2 aromatic heterocycles. The number of carbonyl (C=O) groups is 1. The van der Waals surface area contributed by atoms with E-state index < -0.39 is 5.97 Å². The van der Waals surface area contributed by atoms with Crippen LogP contribution in [0.2, 0.25) is 0 Å². The molecule has 0 aliphatic rings. The van der Waals surface area contributed by atoms with E-state index in [0.29, 0.717) is 12.2 Å². The smallest absolute Gasteiger partial charge is 0.358 e. The highest BCUT2D eigenvalue weighted by Crippen LogP contribution is 2.09. The molecule has 0 amide bonds. The van der Waals surface area contributed by atoms with Gasteiger partial charge in [0.15, 0.2) is 5.69 Å². The third-order valence-electron chi connectivity index (χ3n) is 2.75. The van der Waals surface area contributed by atoms with Crippen molar-refractivity contribution in [3.8, 4) is 0 Å². The van der Waals surface area contributed by atoms with Gasteiger partial charge in [0.05, 0.1) is 12.3 Å². The Morgan fingerprint density at radius 1 is 1.53 bits per heavy atom. The van der Waals surface area contributed by atoms with Crippen LogP contribution in [0.5, 0.6) is 0 Å². The van der Waals surface area contributed by atoms with Crippen molar-refractivity contribution in [1.82, 2.24) is 24.5 Å². The van der Waals surface area contributed by atoms with Crippen molar-refractivity contribution in [2.24, 2.45) is 0 Å². The Morgan fingerprint density at radius 3 is 2.95 bits per heavy atom. The van der Waals surface area contributed by atoms with Crippen LogP contribution in [0.3, 0.4) is 0 Å². The van der Waals surface area contributed by atoms with Crippen molar-refractivity contribution >= 4 is 5.97 Å². The van der Waals surface area contributed by atoms with E-state index in [2.05, 4.69) is 15.3 Å². The lowest BCUT2D eigenvalue weighted by Crippen LogP contribution is -2.13. The van der Waals surface area contributed by atoms with E-state index in [0.717, 1.165) is 12.4 Å². The molecule has 0 radical (unpaired) electrons. The molecule has 0 bridgehead atoms. The van der Waals surface area contributed by atoms with Crippen LogP contribution >= 0.6 is 0 Å². The topological polar surface area (TPSA) is 95.1 Å². The predicted molar refractivity (Wildman–Crippen MR) is 64.7 cm³/mol. The molecule has 0 saturated heterocycles. The lowest BCUT2D eigenvalue weighted by molar-refractivity contribution is 0.0684. The van der Waals surface area contributed by atoms with Crippen molar-refractivity contribution in [2.75, 3.05) is 7.11 Å². The molecule has 102 valence electrons. The molecule has 0 atom stereocenters. The minimum absolute atomic E-state index is 0.0866. The SMILES string of the molecule is CCn1ccnc1Cn1nnc(C(=O)O)c1COC. The van der Waals surface area contributed by atoms with Crippen molar-refractivity contribution < 1.29 is 14.6 Å². The molecule has 0 aliphatic heterocycles. The number of hydrogen-bond donors (Lipinski definition) is 1. The van der Waals surface area contributed by atoms with Gasteiger partial charge in [-0.25, -0.2) is 14.5 Å². The normalized spacial score (nSPS) is 10.8. The van der Waals surface area contributed by atoms with E-state index in [1.807, 2.05) is 17.7 Å². The number of nitrogens with zero attached hydrogens (tertiary/aromatic N) is 5. The molecule has 19 heavy (non-hydrogen) atoms. The zero-order valence-corrected chi connectivity index (χ0v) is 10.8. The molecule has 0 aliphatic carbocycles. The highest BCUT2D eigenvalue weighted by atomic mass is 16.5. The second-order valence-corrected chi connectivity index (χ2v) is 3.91. The molecular formula is C11H15N5O3. The fourth-order valence-electron chi connectivity index (χ4n) is 1.82. The summed E-state index contributed by atoms with van der Waals surface area (Å²) in [5.74, 6) is -0.321. The first-order valence-corrected chi connectivity index (χ1v) is 5.82. The number of hydrogen-bond acceptors (Lipinski definition) is 5. The van der Waals surface area contributed by atoms with Crippen LogP contribution in [0.1, 0.15) is 28.9 Å². The maximum absolute atomic E-state index is 11.0. The average Bonchev–Trinajstić information content (AvgIpc) is 2.98. The molecule has 0 aromatic carbocycles. The fraction of sp³-hybridized carbons (Fsp3) is 0.455. The Hall–Kier alpha value is -2.22.